The predicted octanol–water partition coefficient (Wildman–Crippen LogP) is 0.981. The van der Waals surface area contributed by atoms with E-state index in [1.807, 2.05) is 0 Å². The van der Waals surface area contributed by atoms with Crippen LogP contribution < -0.4 is 24.7 Å². The molecule has 3 rings (SSSR count). The van der Waals surface area contributed by atoms with E-state index in [9.17, 15) is 4.79 Å². The number of carbonyl (C=O) groups is 1. The molecule has 2 heterocycles. The monoisotopic (exact) mass is 308 g/mol. The van der Waals surface area contributed by atoms with E-state index in [-0.39, 0.29) is 18.4 Å². The van der Waals surface area contributed by atoms with Crippen LogP contribution in [0.25, 0.3) is 0 Å². The molecule has 0 spiro atoms. The summed E-state index contributed by atoms with van der Waals surface area (Å²) in [7, 11) is 3.02. The molecule has 8 nitrogen and oxygen atoms in total. The second kappa shape index (κ2) is 5.28. The lowest BCUT2D eigenvalue weighted by Crippen LogP contribution is -2.28. The number of amides is 1. The summed E-state index contributed by atoms with van der Waals surface area (Å²) in [6.45, 7) is 1.90. The van der Waals surface area contributed by atoms with Crippen LogP contribution in [0.2, 0.25) is 0 Å². The zero-order chi connectivity index (χ0) is 15.9. The van der Waals surface area contributed by atoms with E-state index >= 15 is 0 Å². The largest absolute Gasteiger partial charge is 0.492 e. The van der Waals surface area contributed by atoms with E-state index in [4.69, 9.17) is 29.5 Å². The molecular weight excluding hydrogens is 292 g/mol. The minimum atomic E-state index is -0.610. The van der Waals surface area contributed by atoms with Crippen molar-refractivity contribution in [2.45, 2.75) is 13.0 Å². The van der Waals surface area contributed by atoms with Gasteiger partial charge in [-0.15, -0.1) is 0 Å². The highest BCUT2D eigenvalue weighted by atomic mass is 16.7. The number of ether oxygens (including phenoxy) is 4. The normalized spacial score (nSPS) is 22.0. The third kappa shape index (κ3) is 1.99. The number of hydrogen-bond donors (Lipinski definition) is 1. The summed E-state index contributed by atoms with van der Waals surface area (Å²) in [4.78, 5) is 16.7. The second-order valence-electron chi connectivity index (χ2n) is 4.92. The molecule has 1 aromatic carbocycles. The number of primary amides is 1. The van der Waals surface area contributed by atoms with E-state index in [1.165, 1.54) is 14.2 Å². The van der Waals surface area contributed by atoms with Crippen molar-refractivity contribution in [3.8, 4) is 23.0 Å². The number of benzene rings is 1. The van der Waals surface area contributed by atoms with Gasteiger partial charge in [0, 0.05) is 5.56 Å². The minimum absolute atomic E-state index is 0.0996. The molecule has 0 saturated carbocycles. The Morgan fingerprint density at radius 1 is 1.32 bits per heavy atom. The highest BCUT2D eigenvalue weighted by molar-refractivity contribution is 6.39. The molecule has 22 heavy (non-hydrogen) atoms. The molecule has 0 bridgehead atoms. The molecular formula is C14H16N2O6. The first-order chi connectivity index (χ1) is 10.6. The highest BCUT2D eigenvalue weighted by Gasteiger charge is 2.39. The van der Waals surface area contributed by atoms with Crippen LogP contribution in [-0.4, -0.2) is 32.6 Å². The Morgan fingerprint density at radius 3 is 2.64 bits per heavy atom. The summed E-state index contributed by atoms with van der Waals surface area (Å²) < 4.78 is 21.6. The summed E-state index contributed by atoms with van der Waals surface area (Å²) in [6.07, 6.45) is -0.527. The number of hydrogen-bond acceptors (Lipinski definition) is 7. The van der Waals surface area contributed by atoms with E-state index < -0.39 is 12.0 Å². The van der Waals surface area contributed by atoms with Gasteiger partial charge in [0.25, 0.3) is 5.91 Å². The number of nitrogens with zero attached hydrogens (tertiary/aromatic N) is 1. The van der Waals surface area contributed by atoms with Gasteiger partial charge in [-0.25, -0.2) is 0 Å². The predicted molar refractivity (Wildman–Crippen MR) is 75.3 cm³/mol. The summed E-state index contributed by atoms with van der Waals surface area (Å²) in [5.74, 6) is 0.930. The van der Waals surface area contributed by atoms with Gasteiger partial charge in [-0.1, -0.05) is 12.1 Å². The lowest BCUT2D eigenvalue weighted by Gasteiger charge is -2.20. The topological polar surface area (TPSA) is 102 Å². The highest BCUT2D eigenvalue weighted by Crippen LogP contribution is 2.52. The first-order valence-electron chi connectivity index (χ1n) is 6.66. The first kappa shape index (κ1) is 14.3. The van der Waals surface area contributed by atoms with Crippen molar-refractivity contribution in [3.05, 3.63) is 11.6 Å². The maximum absolute atomic E-state index is 11.4. The lowest BCUT2D eigenvalue weighted by molar-refractivity contribution is -0.112. The molecule has 2 atom stereocenters. The van der Waals surface area contributed by atoms with Crippen LogP contribution in [0.3, 0.4) is 0 Å². The average molecular weight is 308 g/mol. The summed E-state index contributed by atoms with van der Waals surface area (Å²) in [5, 5.41) is 3.77. The van der Waals surface area contributed by atoms with Crippen LogP contribution in [0.15, 0.2) is 11.2 Å². The Kier molecular flexibility index (Phi) is 3.44. The molecule has 0 radical (unpaired) electrons. The fourth-order valence-electron chi connectivity index (χ4n) is 2.65. The Morgan fingerprint density at radius 2 is 2.05 bits per heavy atom. The van der Waals surface area contributed by atoms with Crippen molar-refractivity contribution >= 4 is 11.6 Å². The molecule has 2 aliphatic rings. The quantitative estimate of drug-likeness (QED) is 0.889. The van der Waals surface area contributed by atoms with Crippen molar-refractivity contribution in [3.63, 3.8) is 0 Å². The van der Waals surface area contributed by atoms with E-state index in [1.54, 1.807) is 13.0 Å². The second-order valence-corrected chi connectivity index (χ2v) is 4.92. The van der Waals surface area contributed by atoms with Gasteiger partial charge in [0.05, 0.1) is 20.1 Å². The molecule has 0 unspecified atom stereocenters. The molecule has 118 valence electrons. The molecule has 0 saturated heterocycles. The number of fused-ring (bicyclic) bond motifs is 1. The molecule has 1 aromatic rings. The lowest BCUT2D eigenvalue weighted by atomic mass is 9.92. The van der Waals surface area contributed by atoms with Crippen molar-refractivity contribution in [1.29, 1.82) is 0 Å². The summed E-state index contributed by atoms with van der Waals surface area (Å²) in [6, 6.07) is 1.74. The third-order valence-electron chi connectivity index (χ3n) is 3.72. The van der Waals surface area contributed by atoms with Crippen LogP contribution in [0.4, 0.5) is 0 Å². The van der Waals surface area contributed by atoms with Crippen LogP contribution >= 0.6 is 0 Å². The van der Waals surface area contributed by atoms with Gasteiger partial charge < -0.3 is 29.5 Å². The van der Waals surface area contributed by atoms with Crippen LogP contribution in [0, 0.1) is 5.92 Å². The van der Waals surface area contributed by atoms with Gasteiger partial charge in [0.15, 0.2) is 23.3 Å². The maximum Gasteiger partial charge on any atom is 0.266 e. The fraction of sp³-hybridized carbons (Fsp3) is 0.429. The average Bonchev–Trinajstić information content (AvgIpc) is 3.10. The van der Waals surface area contributed by atoms with Crippen molar-refractivity contribution < 1.29 is 28.6 Å². The molecule has 0 aliphatic carbocycles. The maximum atomic E-state index is 11.4. The van der Waals surface area contributed by atoms with Crippen molar-refractivity contribution in [1.82, 2.24) is 0 Å². The van der Waals surface area contributed by atoms with E-state index in [0.29, 0.717) is 28.6 Å². The minimum Gasteiger partial charge on any atom is -0.492 e. The van der Waals surface area contributed by atoms with Gasteiger partial charge in [-0.3, -0.25) is 4.79 Å². The Balaban J connectivity index is 2.07. The SMILES string of the molecule is COc1c([C@H]2ON=C(C(N)=O)[C@H]2C)cc2c(c1OC)OCO2. The number of oxime groups is 1. The smallest absolute Gasteiger partial charge is 0.266 e. The van der Waals surface area contributed by atoms with Crippen LogP contribution in [0.1, 0.15) is 18.6 Å². The zero-order valence-corrected chi connectivity index (χ0v) is 12.4. The van der Waals surface area contributed by atoms with Gasteiger partial charge in [-0.05, 0) is 6.07 Å². The van der Waals surface area contributed by atoms with E-state index in [2.05, 4.69) is 5.16 Å². The number of nitrogens with two attached hydrogens (primary N) is 1. The van der Waals surface area contributed by atoms with Gasteiger partial charge in [0.2, 0.25) is 18.3 Å². The summed E-state index contributed by atoms with van der Waals surface area (Å²) in [5.41, 5.74) is 6.13. The van der Waals surface area contributed by atoms with E-state index in [0.717, 1.165) is 0 Å². The summed E-state index contributed by atoms with van der Waals surface area (Å²) >= 11 is 0. The third-order valence-corrected chi connectivity index (χ3v) is 3.72. The number of carbonyl (C=O) groups excluding carboxylic acids is 1. The van der Waals surface area contributed by atoms with Crippen molar-refractivity contribution in [2.24, 2.45) is 16.8 Å². The molecule has 2 N–H and O–H groups in total. The molecule has 0 aromatic heterocycles. The van der Waals surface area contributed by atoms with Crippen LogP contribution in [-0.2, 0) is 9.63 Å². The molecule has 8 heteroatoms. The molecule has 1 amide bonds. The zero-order valence-electron chi connectivity index (χ0n) is 12.4. The fourth-order valence-corrected chi connectivity index (χ4v) is 2.65. The molecule has 0 fully saturated rings. The first-order valence-corrected chi connectivity index (χ1v) is 6.66. The van der Waals surface area contributed by atoms with Gasteiger partial charge in [-0.2, -0.15) is 0 Å². The standard InChI is InChI=1S/C14H16N2O6/c1-6-9(14(15)17)16-22-10(6)7-4-8-12(21-5-20-8)13(19-3)11(7)18-2/h4,6,10H,5H2,1-3H3,(H2,15,17)/t6-,10+/m1/s1. The number of rotatable bonds is 4. The van der Waals surface area contributed by atoms with Gasteiger partial charge in [0.1, 0.15) is 0 Å². The Bertz CT molecular complexity index is 657. The number of methoxy groups -OCH3 is 2. The van der Waals surface area contributed by atoms with Crippen LogP contribution in [0.5, 0.6) is 23.0 Å². The van der Waals surface area contributed by atoms with Crippen molar-refractivity contribution in [2.75, 3.05) is 21.0 Å². The Hall–Kier alpha value is -2.64. The van der Waals surface area contributed by atoms with Gasteiger partial charge >= 0.3 is 0 Å². The molecule has 2 aliphatic heterocycles. The Labute approximate surface area is 126 Å².